The van der Waals surface area contributed by atoms with Gasteiger partial charge in [-0.2, -0.15) is 0 Å². The van der Waals surface area contributed by atoms with Crippen molar-refractivity contribution in [2.24, 2.45) is 0 Å². The topological polar surface area (TPSA) is 63.9 Å². The van der Waals surface area contributed by atoms with Crippen LogP contribution in [0.3, 0.4) is 0 Å². The summed E-state index contributed by atoms with van der Waals surface area (Å²) in [7, 11) is 0. The van der Waals surface area contributed by atoms with E-state index < -0.39 is 0 Å². The quantitative estimate of drug-likeness (QED) is 0.740. The number of nitrogens with zero attached hydrogens (tertiary/aromatic N) is 5. The molecule has 4 rings (SSSR count). The van der Waals surface area contributed by atoms with Crippen LogP contribution in [-0.2, 0) is 11.3 Å². The first-order valence-corrected chi connectivity index (χ1v) is 8.64. The van der Waals surface area contributed by atoms with E-state index in [0.717, 1.165) is 42.0 Å². The van der Waals surface area contributed by atoms with Gasteiger partial charge in [0.15, 0.2) is 0 Å². The number of hydrogen-bond acceptors (Lipinski definition) is 5. The molecule has 0 aliphatic carbocycles. The fourth-order valence-corrected chi connectivity index (χ4v) is 3.87. The molecule has 23 heavy (non-hydrogen) atoms. The van der Waals surface area contributed by atoms with E-state index in [1.54, 1.807) is 16.0 Å². The lowest BCUT2D eigenvalue weighted by molar-refractivity contribution is -0.133. The Balaban J connectivity index is 1.48. The molecule has 1 aliphatic heterocycles. The van der Waals surface area contributed by atoms with Crippen LogP contribution >= 0.6 is 11.3 Å². The summed E-state index contributed by atoms with van der Waals surface area (Å²) in [6, 6.07) is 7.71. The number of thiazole rings is 1. The molecule has 0 saturated carbocycles. The van der Waals surface area contributed by atoms with Gasteiger partial charge in [-0.25, -0.2) is 9.67 Å². The minimum Gasteiger partial charge on any atom is -0.340 e. The normalized spacial score (nSPS) is 18.4. The second-order valence-corrected chi connectivity index (χ2v) is 6.71. The lowest BCUT2D eigenvalue weighted by Gasteiger charge is -2.31. The van der Waals surface area contributed by atoms with Gasteiger partial charge in [-0.1, -0.05) is 17.3 Å². The maximum atomic E-state index is 12.6. The third-order valence-corrected chi connectivity index (χ3v) is 5.22. The highest BCUT2D eigenvalue weighted by molar-refractivity contribution is 7.09. The molecular formula is C16H17N5OS. The number of fused-ring (bicyclic) bond motifs is 1. The van der Waals surface area contributed by atoms with E-state index in [2.05, 4.69) is 15.3 Å². The van der Waals surface area contributed by atoms with Crippen molar-refractivity contribution in [1.29, 1.82) is 0 Å². The van der Waals surface area contributed by atoms with Gasteiger partial charge >= 0.3 is 0 Å². The first kappa shape index (κ1) is 14.3. The highest BCUT2D eigenvalue weighted by Gasteiger charge is 2.26. The van der Waals surface area contributed by atoms with E-state index in [0.29, 0.717) is 5.92 Å². The minimum absolute atomic E-state index is 0.0990. The van der Waals surface area contributed by atoms with Crippen LogP contribution in [0.4, 0.5) is 0 Å². The molecule has 0 radical (unpaired) electrons. The largest absolute Gasteiger partial charge is 0.340 e. The fourth-order valence-electron chi connectivity index (χ4n) is 3.10. The van der Waals surface area contributed by atoms with Crippen LogP contribution in [0, 0.1) is 0 Å². The molecule has 1 atom stereocenters. The van der Waals surface area contributed by atoms with Gasteiger partial charge in [-0.3, -0.25) is 4.79 Å². The Hall–Kier alpha value is -2.28. The Bertz CT molecular complexity index is 813. The van der Waals surface area contributed by atoms with Crippen LogP contribution < -0.4 is 0 Å². The van der Waals surface area contributed by atoms with Crippen molar-refractivity contribution in [3.63, 3.8) is 0 Å². The van der Waals surface area contributed by atoms with Crippen molar-refractivity contribution in [1.82, 2.24) is 24.9 Å². The highest BCUT2D eigenvalue weighted by Crippen LogP contribution is 2.28. The van der Waals surface area contributed by atoms with E-state index in [-0.39, 0.29) is 12.5 Å². The predicted octanol–water partition coefficient (Wildman–Crippen LogP) is 2.29. The Morgan fingerprint density at radius 3 is 3.13 bits per heavy atom. The Morgan fingerprint density at radius 2 is 2.26 bits per heavy atom. The number of amides is 1. The molecule has 0 unspecified atom stereocenters. The molecule has 1 fully saturated rings. The predicted molar refractivity (Wildman–Crippen MR) is 88.2 cm³/mol. The van der Waals surface area contributed by atoms with Crippen LogP contribution in [0.15, 0.2) is 35.8 Å². The third-order valence-electron chi connectivity index (χ3n) is 4.28. The van der Waals surface area contributed by atoms with Crippen LogP contribution in [0.5, 0.6) is 0 Å². The summed E-state index contributed by atoms with van der Waals surface area (Å²) in [5.74, 6) is 0.460. The summed E-state index contributed by atoms with van der Waals surface area (Å²) in [5.41, 5.74) is 1.72. The van der Waals surface area contributed by atoms with Crippen molar-refractivity contribution in [2.45, 2.75) is 25.3 Å². The second kappa shape index (κ2) is 6.08. The molecule has 1 aliphatic rings. The lowest BCUT2D eigenvalue weighted by Crippen LogP contribution is -2.41. The number of aromatic nitrogens is 4. The van der Waals surface area contributed by atoms with Gasteiger partial charge in [0.2, 0.25) is 5.91 Å². The zero-order chi connectivity index (χ0) is 15.6. The summed E-state index contributed by atoms with van der Waals surface area (Å²) >= 11 is 1.67. The number of hydrogen-bond donors (Lipinski definition) is 0. The average Bonchev–Trinajstić information content (AvgIpc) is 3.25. The number of rotatable bonds is 3. The summed E-state index contributed by atoms with van der Waals surface area (Å²) in [6.45, 7) is 1.80. The van der Waals surface area contributed by atoms with E-state index in [1.165, 1.54) is 0 Å². The molecule has 6 nitrogen and oxygen atoms in total. The lowest BCUT2D eigenvalue weighted by atomic mass is 9.99. The second-order valence-electron chi connectivity index (χ2n) is 5.79. The first-order valence-electron chi connectivity index (χ1n) is 7.76. The smallest absolute Gasteiger partial charge is 0.244 e. The van der Waals surface area contributed by atoms with Gasteiger partial charge < -0.3 is 4.90 Å². The van der Waals surface area contributed by atoms with Gasteiger partial charge in [-0.15, -0.1) is 16.4 Å². The monoisotopic (exact) mass is 327 g/mol. The number of piperidine rings is 1. The SMILES string of the molecule is O=C(Cn1nnc2ccccc21)N1CCC[C@H](c2nccs2)C1. The van der Waals surface area contributed by atoms with Crippen LogP contribution in [-0.4, -0.2) is 43.9 Å². The summed E-state index contributed by atoms with van der Waals surface area (Å²) in [4.78, 5) is 19.0. The van der Waals surface area contributed by atoms with E-state index in [4.69, 9.17) is 0 Å². The standard InChI is InChI=1S/C16H17N5OS/c22-15(11-21-14-6-2-1-5-13(14)18-19-21)20-8-3-4-12(10-20)16-17-7-9-23-16/h1-2,5-7,9,12H,3-4,8,10-11H2/t12-/m0/s1. The minimum atomic E-state index is 0.0990. The third kappa shape index (κ3) is 2.84. The van der Waals surface area contributed by atoms with Crippen LogP contribution in [0.2, 0.25) is 0 Å². The summed E-state index contributed by atoms with van der Waals surface area (Å²) < 4.78 is 1.69. The van der Waals surface area contributed by atoms with E-state index >= 15 is 0 Å². The molecule has 0 spiro atoms. The van der Waals surface area contributed by atoms with Gasteiger partial charge in [-0.05, 0) is 25.0 Å². The molecule has 3 aromatic rings. The first-order chi connectivity index (χ1) is 11.3. The molecule has 7 heteroatoms. The van der Waals surface area contributed by atoms with E-state index in [9.17, 15) is 4.79 Å². The Kier molecular flexibility index (Phi) is 3.78. The van der Waals surface area contributed by atoms with Gasteiger partial charge in [0.1, 0.15) is 12.1 Å². The van der Waals surface area contributed by atoms with Gasteiger partial charge in [0.25, 0.3) is 0 Å². The van der Waals surface area contributed by atoms with E-state index in [1.807, 2.05) is 40.7 Å². The van der Waals surface area contributed by atoms with Crippen molar-refractivity contribution in [3.05, 3.63) is 40.8 Å². The van der Waals surface area contributed by atoms with Crippen LogP contribution in [0.1, 0.15) is 23.8 Å². The molecule has 3 heterocycles. The number of likely N-dealkylation sites (tertiary alicyclic amines) is 1. The summed E-state index contributed by atoms with van der Waals surface area (Å²) in [5, 5.41) is 11.3. The number of carbonyl (C=O) groups excluding carboxylic acids is 1. The highest BCUT2D eigenvalue weighted by atomic mass is 32.1. The molecule has 0 N–H and O–H groups in total. The molecule has 1 amide bonds. The fraction of sp³-hybridized carbons (Fsp3) is 0.375. The molecule has 1 saturated heterocycles. The van der Waals surface area contributed by atoms with Crippen LogP contribution in [0.25, 0.3) is 11.0 Å². The number of para-hydroxylation sites is 1. The van der Waals surface area contributed by atoms with Crippen molar-refractivity contribution in [2.75, 3.05) is 13.1 Å². The molecular weight excluding hydrogens is 310 g/mol. The number of benzene rings is 1. The average molecular weight is 327 g/mol. The maximum absolute atomic E-state index is 12.6. The molecule has 1 aromatic carbocycles. The Morgan fingerprint density at radius 1 is 1.35 bits per heavy atom. The van der Waals surface area contributed by atoms with Gasteiger partial charge in [0.05, 0.1) is 10.5 Å². The Labute approximate surface area is 137 Å². The maximum Gasteiger partial charge on any atom is 0.244 e. The molecule has 0 bridgehead atoms. The molecule has 118 valence electrons. The van der Waals surface area contributed by atoms with Crippen molar-refractivity contribution in [3.8, 4) is 0 Å². The molecule has 2 aromatic heterocycles. The number of carbonyl (C=O) groups is 1. The van der Waals surface area contributed by atoms with Gasteiger partial charge in [0, 0.05) is 30.6 Å². The zero-order valence-corrected chi connectivity index (χ0v) is 13.4. The van der Waals surface area contributed by atoms with Crippen molar-refractivity contribution < 1.29 is 4.79 Å². The van der Waals surface area contributed by atoms with Crippen molar-refractivity contribution >= 4 is 28.3 Å². The summed E-state index contributed by atoms with van der Waals surface area (Å²) in [6.07, 6.45) is 3.96. The zero-order valence-electron chi connectivity index (χ0n) is 12.6.